The normalized spacial score (nSPS) is 11.5. The molecule has 114 valence electrons. The first-order valence-corrected chi connectivity index (χ1v) is 8.32. The van der Waals surface area contributed by atoms with Crippen LogP contribution in [0.2, 0.25) is 0 Å². The Bertz CT molecular complexity index is 1060. The maximum absolute atomic E-state index is 9.44. The second kappa shape index (κ2) is 6.15. The largest absolute Gasteiger partial charge is 0.465 e. The second-order valence-corrected chi connectivity index (χ2v) is 6.11. The molecule has 0 unspecified atom stereocenters. The highest BCUT2D eigenvalue weighted by atomic mass is 32.1. The summed E-state index contributed by atoms with van der Waals surface area (Å²) in [6, 6.07) is 20.2. The van der Waals surface area contributed by atoms with Gasteiger partial charge in [0.05, 0.1) is 17.5 Å². The highest BCUT2D eigenvalue weighted by molar-refractivity contribution is 7.11. The van der Waals surface area contributed by atoms with Gasteiger partial charge in [-0.25, -0.2) is 4.98 Å². The summed E-state index contributed by atoms with van der Waals surface area (Å²) in [5.74, 6) is 0.647. The van der Waals surface area contributed by atoms with E-state index < -0.39 is 0 Å². The van der Waals surface area contributed by atoms with Gasteiger partial charge >= 0.3 is 0 Å². The zero-order valence-electron chi connectivity index (χ0n) is 12.6. The number of rotatable bonds is 3. The fourth-order valence-electron chi connectivity index (χ4n) is 2.63. The summed E-state index contributed by atoms with van der Waals surface area (Å²) in [5, 5.41) is 14.5. The lowest BCUT2D eigenvalue weighted by molar-refractivity contribution is 0.557. The average molecular weight is 328 g/mol. The summed E-state index contributed by atoms with van der Waals surface area (Å²) >= 11 is 1.46. The van der Waals surface area contributed by atoms with Crippen molar-refractivity contribution in [2.45, 2.75) is 0 Å². The molecule has 0 aliphatic carbocycles. The number of nitriles is 1. The molecule has 4 aromatic rings. The number of fused-ring (bicyclic) bond motifs is 1. The van der Waals surface area contributed by atoms with Gasteiger partial charge in [0.15, 0.2) is 0 Å². The fourth-order valence-corrected chi connectivity index (χ4v) is 3.41. The lowest BCUT2D eigenvalue weighted by atomic mass is 10.0. The molecule has 0 N–H and O–H groups in total. The first-order chi connectivity index (χ1) is 11.8. The molecule has 0 fully saturated rings. The van der Waals surface area contributed by atoms with Crippen molar-refractivity contribution in [3.05, 3.63) is 77.0 Å². The number of allylic oxidation sites excluding steroid dienone is 1. The third kappa shape index (κ3) is 2.62. The van der Waals surface area contributed by atoms with Gasteiger partial charge in [0, 0.05) is 17.0 Å². The Hall–Kier alpha value is -3.16. The summed E-state index contributed by atoms with van der Waals surface area (Å²) in [7, 11) is 0. The van der Waals surface area contributed by atoms with Crippen molar-refractivity contribution in [1.82, 2.24) is 4.98 Å². The molecule has 4 rings (SSSR count). The second-order valence-electron chi connectivity index (χ2n) is 5.25. The van der Waals surface area contributed by atoms with Crippen LogP contribution < -0.4 is 0 Å². The molecule has 0 bridgehead atoms. The van der Waals surface area contributed by atoms with Crippen LogP contribution in [0.3, 0.4) is 0 Å². The SMILES string of the molecule is N#C/C(=C/c1ccco1)c1nc(-c2cccc3ccccc23)cs1. The van der Waals surface area contributed by atoms with Crippen LogP contribution in [-0.4, -0.2) is 4.98 Å². The Morgan fingerprint density at radius 3 is 2.79 bits per heavy atom. The van der Waals surface area contributed by atoms with Gasteiger partial charge in [-0.2, -0.15) is 5.26 Å². The van der Waals surface area contributed by atoms with Gasteiger partial charge in [0.1, 0.15) is 16.8 Å². The van der Waals surface area contributed by atoms with Crippen molar-refractivity contribution >= 4 is 33.8 Å². The molecule has 2 heterocycles. The smallest absolute Gasteiger partial charge is 0.134 e. The predicted octanol–water partition coefficient (Wildman–Crippen LogP) is 5.62. The Balaban J connectivity index is 1.78. The zero-order chi connectivity index (χ0) is 16.4. The molecule has 2 aromatic carbocycles. The van der Waals surface area contributed by atoms with E-state index in [0.717, 1.165) is 16.6 Å². The van der Waals surface area contributed by atoms with E-state index in [1.54, 1.807) is 18.4 Å². The lowest BCUT2D eigenvalue weighted by Crippen LogP contribution is -1.84. The molecule has 0 aliphatic heterocycles. The van der Waals surface area contributed by atoms with Gasteiger partial charge in [-0.3, -0.25) is 0 Å². The van der Waals surface area contributed by atoms with Crippen molar-refractivity contribution in [1.29, 1.82) is 5.26 Å². The molecule has 0 amide bonds. The predicted molar refractivity (Wildman–Crippen MR) is 97.2 cm³/mol. The number of hydrogen-bond acceptors (Lipinski definition) is 4. The number of aromatic nitrogens is 1. The Labute approximate surface area is 143 Å². The van der Waals surface area contributed by atoms with Crippen LogP contribution in [0.1, 0.15) is 10.8 Å². The molecule has 3 nitrogen and oxygen atoms in total. The molecule has 0 atom stereocenters. The number of furan rings is 1. The molecule has 0 saturated heterocycles. The number of nitrogens with zero attached hydrogens (tertiary/aromatic N) is 2. The molecule has 0 aliphatic rings. The summed E-state index contributed by atoms with van der Waals surface area (Å²) < 4.78 is 5.29. The fraction of sp³-hybridized carbons (Fsp3) is 0. The maximum atomic E-state index is 9.44. The molecular weight excluding hydrogens is 316 g/mol. The molecule has 0 radical (unpaired) electrons. The monoisotopic (exact) mass is 328 g/mol. The van der Waals surface area contributed by atoms with E-state index in [2.05, 4.69) is 35.3 Å². The van der Waals surface area contributed by atoms with Gasteiger partial charge in [-0.15, -0.1) is 11.3 Å². The molecule has 2 aromatic heterocycles. The minimum atomic E-state index is 0.501. The highest BCUT2D eigenvalue weighted by Crippen LogP contribution is 2.31. The topological polar surface area (TPSA) is 49.8 Å². The summed E-state index contributed by atoms with van der Waals surface area (Å²) in [6.45, 7) is 0. The number of thiazole rings is 1. The minimum Gasteiger partial charge on any atom is -0.465 e. The summed E-state index contributed by atoms with van der Waals surface area (Å²) in [5.41, 5.74) is 2.46. The van der Waals surface area contributed by atoms with E-state index in [9.17, 15) is 5.26 Å². The van der Waals surface area contributed by atoms with E-state index in [-0.39, 0.29) is 0 Å². The van der Waals surface area contributed by atoms with Gasteiger partial charge in [-0.1, -0.05) is 42.5 Å². The molecular formula is C20H12N2OS. The minimum absolute atomic E-state index is 0.501. The van der Waals surface area contributed by atoms with Gasteiger partial charge in [0.25, 0.3) is 0 Å². The van der Waals surface area contributed by atoms with Crippen molar-refractivity contribution in [2.24, 2.45) is 0 Å². The summed E-state index contributed by atoms with van der Waals surface area (Å²) in [6.07, 6.45) is 3.30. The van der Waals surface area contributed by atoms with Gasteiger partial charge in [-0.05, 0) is 22.9 Å². The van der Waals surface area contributed by atoms with Crippen molar-refractivity contribution in [3.63, 3.8) is 0 Å². The summed E-state index contributed by atoms with van der Waals surface area (Å²) in [4.78, 5) is 4.67. The van der Waals surface area contributed by atoms with Crippen LogP contribution in [-0.2, 0) is 0 Å². The van der Waals surface area contributed by atoms with Gasteiger partial charge < -0.3 is 4.42 Å². The number of benzene rings is 2. The molecule has 24 heavy (non-hydrogen) atoms. The van der Waals surface area contributed by atoms with Crippen LogP contribution in [0, 0.1) is 11.3 Å². The van der Waals surface area contributed by atoms with Crippen LogP contribution in [0.15, 0.2) is 70.7 Å². The van der Waals surface area contributed by atoms with Gasteiger partial charge in [0.2, 0.25) is 0 Å². The Morgan fingerprint density at radius 2 is 1.96 bits per heavy atom. The van der Waals surface area contributed by atoms with E-state index >= 15 is 0 Å². The van der Waals surface area contributed by atoms with Crippen LogP contribution in [0.25, 0.3) is 33.7 Å². The van der Waals surface area contributed by atoms with E-state index in [4.69, 9.17) is 4.42 Å². The quantitative estimate of drug-likeness (QED) is 0.459. The third-order valence-electron chi connectivity index (χ3n) is 3.75. The highest BCUT2D eigenvalue weighted by Gasteiger charge is 2.11. The lowest BCUT2D eigenvalue weighted by Gasteiger charge is -2.03. The first kappa shape index (κ1) is 14.4. The van der Waals surface area contributed by atoms with E-state index in [1.165, 1.54) is 16.7 Å². The Morgan fingerprint density at radius 1 is 1.08 bits per heavy atom. The molecule has 4 heteroatoms. The van der Waals surface area contributed by atoms with Crippen molar-refractivity contribution < 1.29 is 4.42 Å². The third-order valence-corrected chi connectivity index (χ3v) is 4.63. The van der Waals surface area contributed by atoms with Crippen LogP contribution in [0.5, 0.6) is 0 Å². The van der Waals surface area contributed by atoms with E-state index in [0.29, 0.717) is 16.3 Å². The first-order valence-electron chi connectivity index (χ1n) is 7.44. The maximum Gasteiger partial charge on any atom is 0.134 e. The molecule has 0 spiro atoms. The standard InChI is InChI=1S/C20H12N2OS/c21-12-15(11-16-7-4-10-23-16)20-22-19(13-24-20)18-9-3-6-14-5-1-2-8-17(14)18/h1-11,13H/b15-11-. The van der Waals surface area contributed by atoms with Crippen molar-refractivity contribution in [2.75, 3.05) is 0 Å². The molecule has 0 saturated carbocycles. The van der Waals surface area contributed by atoms with E-state index in [1.807, 2.05) is 29.6 Å². The van der Waals surface area contributed by atoms with Crippen LogP contribution >= 0.6 is 11.3 Å². The zero-order valence-corrected chi connectivity index (χ0v) is 13.5. The number of hydrogen-bond donors (Lipinski definition) is 0. The van der Waals surface area contributed by atoms with Crippen molar-refractivity contribution in [3.8, 4) is 17.3 Å². The Kier molecular flexibility index (Phi) is 3.70. The average Bonchev–Trinajstić information content (AvgIpc) is 3.31. The van der Waals surface area contributed by atoms with Crippen LogP contribution in [0.4, 0.5) is 0 Å².